The van der Waals surface area contributed by atoms with Gasteiger partial charge in [0.2, 0.25) is 11.8 Å². The van der Waals surface area contributed by atoms with Gasteiger partial charge in [0.15, 0.2) is 0 Å². The average Bonchev–Trinajstić information content (AvgIpc) is 2.78. The Balaban J connectivity index is 2.24. The quantitative estimate of drug-likeness (QED) is 0.741. The van der Waals surface area contributed by atoms with Crippen molar-refractivity contribution in [3.8, 4) is 0 Å². The van der Waals surface area contributed by atoms with E-state index >= 15 is 0 Å². The Hall–Kier alpha value is -1.10. The highest BCUT2D eigenvalue weighted by Gasteiger charge is 2.18. The molecule has 5 nitrogen and oxygen atoms in total. The Morgan fingerprint density at radius 2 is 1.71 bits per heavy atom. The van der Waals surface area contributed by atoms with Crippen LogP contribution in [0.25, 0.3) is 0 Å². The molecule has 1 N–H and O–H groups in total. The van der Waals surface area contributed by atoms with E-state index in [1.165, 1.54) is 22.6 Å². The minimum Gasteiger partial charge on any atom is -0.347 e. The summed E-state index contributed by atoms with van der Waals surface area (Å²) in [4.78, 5) is 26.2. The van der Waals surface area contributed by atoms with Crippen molar-refractivity contribution in [2.24, 2.45) is 0 Å². The molecule has 1 saturated carbocycles. The minimum absolute atomic E-state index is 0.0212. The van der Waals surface area contributed by atoms with Crippen LogP contribution in [0.3, 0.4) is 0 Å². The van der Waals surface area contributed by atoms with Crippen molar-refractivity contribution in [3.63, 3.8) is 0 Å². The number of hydrogen-bond acceptors (Lipinski definition) is 3. The molecule has 17 heavy (non-hydrogen) atoms. The molecule has 5 heteroatoms. The molecule has 1 fully saturated rings. The summed E-state index contributed by atoms with van der Waals surface area (Å²) in [5.74, 6) is -0.0752. The van der Waals surface area contributed by atoms with Crippen LogP contribution in [-0.2, 0) is 9.59 Å². The zero-order valence-electron chi connectivity index (χ0n) is 11.0. The van der Waals surface area contributed by atoms with Crippen LogP contribution in [0.2, 0.25) is 0 Å². The molecule has 1 aliphatic rings. The Labute approximate surface area is 103 Å². The predicted molar refractivity (Wildman–Crippen MR) is 66.6 cm³/mol. The van der Waals surface area contributed by atoms with E-state index < -0.39 is 0 Å². The van der Waals surface area contributed by atoms with E-state index in [0.717, 1.165) is 12.8 Å². The maximum atomic E-state index is 11.8. The number of likely N-dealkylation sites (N-methyl/N-ethyl adjacent to an activating group) is 2. The molecule has 1 rings (SSSR count). The first-order valence-corrected chi connectivity index (χ1v) is 6.18. The number of carbonyl (C=O) groups excluding carboxylic acids is 2. The summed E-state index contributed by atoms with van der Waals surface area (Å²) >= 11 is 0. The van der Waals surface area contributed by atoms with Gasteiger partial charge in [-0.05, 0) is 12.8 Å². The number of carbonyl (C=O) groups is 2. The van der Waals surface area contributed by atoms with Crippen LogP contribution < -0.4 is 5.32 Å². The lowest BCUT2D eigenvalue weighted by Crippen LogP contribution is -2.43. The summed E-state index contributed by atoms with van der Waals surface area (Å²) in [5, 5.41) is 3.25. The van der Waals surface area contributed by atoms with E-state index in [9.17, 15) is 9.59 Å². The van der Waals surface area contributed by atoms with Crippen molar-refractivity contribution in [1.82, 2.24) is 15.1 Å². The van der Waals surface area contributed by atoms with Gasteiger partial charge in [-0.15, -0.1) is 0 Å². The summed E-state index contributed by atoms with van der Waals surface area (Å²) in [7, 11) is 5.05. The first kappa shape index (κ1) is 14.0. The first-order valence-electron chi connectivity index (χ1n) is 6.18. The van der Waals surface area contributed by atoms with Crippen molar-refractivity contribution >= 4 is 11.8 Å². The van der Waals surface area contributed by atoms with Crippen LogP contribution in [0.5, 0.6) is 0 Å². The highest BCUT2D eigenvalue weighted by molar-refractivity contribution is 5.85. The molecule has 0 bridgehead atoms. The molecule has 0 heterocycles. The van der Waals surface area contributed by atoms with Gasteiger partial charge in [0, 0.05) is 27.2 Å². The molecule has 0 atom stereocenters. The van der Waals surface area contributed by atoms with Gasteiger partial charge < -0.3 is 15.1 Å². The van der Waals surface area contributed by atoms with Crippen LogP contribution in [0.1, 0.15) is 25.7 Å². The van der Waals surface area contributed by atoms with Gasteiger partial charge in [0.25, 0.3) is 0 Å². The van der Waals surface area contributed by atoms with Gasteiger partial charge in [0.05, 0.1) is 13.1 Å². The van der Waals surface area contributed by atoms with Gasteiger partial charge in [-0.1, -0.05) is 12.8 Å². The van der Waals surface area contributed by atoms with Gasteiger partial charge in [-0.2, -0.15) is 0 Å². The molecule has 0 spiro atoms. The Kier molecular flexibility index (Phi) is 5.41. The molecule has 0 unspecified atom stereocenters. The highest BCUT2D eigenvalue weighted by Crippen LogP contribution is 2.17. The van der Waals surface area contributed by atoms with Crippen molar-refractivity contribution in [1.29, 1.82) is 0 Å². The van der Waals surface area contributed by atoms with Crippen LogP contribution in [0, 0.1) is 0 Å². The van der Waals surface area contributed by atoms with E-state index in [1.54, 1.807) is 21.1 Å². The van der Waals surface area contributed by atoms with E-state index in [4.69, 9.17) is 0 Å². The lowest BCUT2D eigenvalue weighted by Gasteiger charge is -2.20. The lowest BCUT2D eigenvalue weighted by molar-refractivity contribution is -0.137. The second-order valence-corrected chi connectivity index (χ2v) is 4.90. The number of rotatable bonds is 5. The van der Waals surface area contributed by atoms with Gasteiger partial charge in [0.1, 0.15) is 0 Å². The highest BCUT2D eigenvalue weighted by atomic mass is 16.2. The van der Waals surface area contributed by atoms with Gasteiger partial charge in [-0.25, -0.2) is 0 Å². The smallest absolute Gasteiger partial charge is 0.241 e. The number of amides is 2. The fourth-order valence-electron chi connectivity index (χ4n) is 1.93. The van der Waals surface area contributed by atoms with E-state index in [0.29, 0.717) is 12.6 Å². The summed E-state index contributed by atoms with van der Waals surface area (Å²) in [6.07, 6.45) is 4.82. The predicted octanol–water partition coefficient (Wildman–Crippen LogP) is 0.0652. The standard InChI is InChI=1S/C12H23N3O2/c1-14(2)12(17)9-15(3)11(16)8-13-10-6-4-5-7-10/h10,13H,4-9H2,1-3H3. The Morgan fingerprint density at radius 1 is 1.12 bits per heavy atom. The average molecular weight is 241 g/mol. The SMILES string of the molecule is CN(C)C(=O)CN(C)C(=O)CNC1CCCC1. The molecule has 0 aliphatic heterocycles. The number of hydrogen-bond donors (Lipinski definition) is 1. The fourth-order valence-corrected chi connectivity index (χ4v) is 1.93. The Bertz CT molecular complexity index is 273. The maximum absolute atomic E-state index is 11.8. The van der Waals surface area contributed by atoms with Crippen LogP contribution in [-0.4, -0.2) is 61.9 Å². The molecule has 0 aromatic heterocycles. The summed E-state index contributed by atoms with van der Waals surface area (Å²) in [5.41, 5.74) is 0. The molecule has 2 amide bonds. The molecule has 0 radical (unpaired) electrons. The van der Waals surface area contributed by atoms with Crippen LogP contribution >= 0.6 is 0 Å². The fraction of sp³-hybridized carbons (Fsp3) is 0.833. The van der Waals surface area contributed by atoms with Gasteiger partial charge >= 0.3 is 0 Å². The third kappa shape index (κ3) is 4.73. The second-order valence-electron chi connectivity index (χ2n) is 4.90. The maximum Gasteiger partial charge on any atom is 0.241 e. The molecular weight excluding hydrogens is 218 g/mol. The van der Waals surface area contributed by atoms with Crippen LogP contribution in [0.4, 0.5) is 0 Å². The second kappa shape index (κ2) is 6.59. The first-order chi connectivity index (χ1) is 8.00. The lowest BCUT2D eigenvalue weighted by atomic mass is 10.2. The molecular formula is C12H23N3O2. The van der Waals surface area contributed by atoms with E-state index in [2.05, 4.69) is 5.32 Å². The number of nitrogens with zero attached hydrogens (tertiary/aromatic N) is 2. The van der Waals surface area contributed by atoms with Crippen molar-refractivity contribution in [2.45, 2.75) is 31.7 Å². The van der Waals surface area contributed by atoms with Crippen molar-refractivity contribution in [2.75, 3.05) is 34.2 Å². The molecule has 0 aromatic carbocycles. The topological polar surface area (TPSA) is 52.7 Å². The largest absolute Gasteiger partial charge is 0.347 e. The molecule has 1 aliphatic carbocycles. The molecule has 0 aromatic rings. The molecule has 0 saturated heterocycles. The normalized spacial score (nSPS) is 15.9. The van der Waals surface area contributed by atoms with Gasteiger partial charge in [-0.3, -0.25) is 9.59 Å². The van der Waals surface area contributed by atoms with Crippen molar-refractivity contribution < 1.29 is 9.59 Å². The van der Waals surface area contributed by atoms with Crippen LogP contribution in [0.15, 0.2) is 0 Å². The van der Waals surface area contributed by atoms with E-state index in [1.807, 2.05) is 0 Å². The van der Waals surface area contributed by atoms with Crippen molar-refractivity contribution in [3.05, 3.63) is 0 Å². The minimum atomic E-state index is -0.0540. The summed E-state index contributed by atoms with van der Waals surface area (Å²) in [6, 6.07) is 0.483. The zero-order chi connectivity index (χ0) is 12.8. The summed E-state index contributed by atoms with van der Waals surface area (Å²) < 4.78 is 0. The third-order valence-electron chi connectivity index (χ3n) is 3.19. The zero-order valence-corrected chi connectivity index (χ0v) is 11.0. The monoisotopic (exact) mass is 241 g/mol. The molecule has 98 valence electrons. The van der Waals surface area contributed by atoms with E-state index in [-0.39, 0.29) is 18.4 Å². The third-order valence-corrected chi connectivity index (χ3v) is 3.19. The Morgan fingerprint density at radius 3 is 2.24 bits per heavy atom. The number of nitrogens with one attached hydrogen (secondary N) is 1. The summed E-state index contributed by atoms with van der Waals surface area (Å²) in [6.45, 7) is 0.486.